The molecule has 6 atom stereocenters. The van der Waals surface area contributed by atoms with E-state index in [-0.39, 0.29) is 30.5 Å². The van der Waals surface area contributed by atoms with Gasteiger partial charge in [-0.3, -0.25) is 14.9 Å². The number of carbonyl (C=O) groups excluding carboxylic acids is 3. The van der Waals surface area contributed by atoms with Crippen LogP contribution in [-0.4, -0.2) is 80.2 Å². The Morgan fingerprint density at radius 2 is 1.73 bits per heavy atom. The molecule has 3 saturated carbocycles. The Labute approximate surface area is 289 Å². The molecule has 6 unspecified atom stereocenters. The smallest absolute Gasteiger partial charge is 0.482 e. The van der Waals surface area contributed by atoms with E-state index in [2.05, 4.69) is 31.4 Å². The summed E-state index contributed by atoms with van der Waals surface area (Å²) in [6.07, 6.45) is 2.36. The summed E-state index contributed by atoms with van der Waals surface area (Å²) in [5.74, 6) is -0.495. The zero-order valence-corrected chi connectivity index (χ0v) is 30.0. The summed E-state index contributed by atoms with van der Waals surface area (Å²) in [7, 11) is 2.09. The van der Waals surface area contributed by atoms with E-state index in [1.807, 2.05) is 51.1 Å². The molecule has 4 fully saturated rings. The maximum absolute atomic E-state index is 13.7. The molecule has 4 aliphatic rings. The topological polar surface area (TPSA) is 142 Å². The molecule has 6 rings (SSSR count). The number of esters is 2. The quantitative estimate of drug-likeness (QED) is 0.212. The molecule has 3 aliphatic carbocycles. The molecule has 2 aromatic rings. The third kappa shape index (κ3) is 7.82. The minimum absolute atomic E-state index is 0.0746. The molecule has 11 nitrogen and oxygen atoms in total. The van der Waals surface area contributed by atoms with Crippen molar-refractivity contribution in [3.05, 3.63) is 64.7 Å². The number of methoxy groups -OCH3 is 2. The van der Waals surface area contributed by atoms with Crippen LogP contribution in [-0.2, 0) is 47.8 Å². The molecule has 3 N–H and O–H groups in total. The molecule has 1 saturated heterocycles. The molecule has 1 aliphatic heterocycles. The number of ether oxygens (including phenoxy) is 3. The molecular formula is C37H51BN2O9. The van der Waals surface area contributed by atoms with Gasteiger partial charge >= 0.3 is 19.1 Å². The van der Waals surface area contributed by atoms with E-state index < -0.39 is 42.2 Å². The first kappa shape index (κ1) is 36.8. The van der Waals surface area contributed by atoms with E-state index in [1.165, 1.54) is 14.2 Å². The molecular weight excluding hydrogens is 627 g/mol. The molecule has 0 radical (unpaired) electrons. The van der Waals surface area contributed by atoms with Crippen LogP contribution in [0.25, 0.3) is 0 Å². The normalized spacial score (nSPS) is 25.0. The van der Waals surface area contributed by atoms with Crippen LogP contribution in [0.3, 0.4) is 0 Å². The molecule has 0 spiro atoms. The number of rotatable bonds is 13. The van der Waals surface area contributed by atoms with Gasteiger partial charge in [0.25, 0.3) is 0 Å². The monoisotopic (exact) mass is 678 g/mol. The van der Waals surface area contributed by atoms with Gasteiger partial charge in [0.1, 0.15) is 23.0 Å². The zero-order chi connectivity index (χ0) is 35.7. The van der Waals surface area contributed by atoms with Gasteiger partial charge in [-0.05, 0) is 87.0 Å². The van der Waals surface area contributed by atoms with Gasteiger partial charge in [-0.1, -0.05) is 50.2 Å². The van der Waals surface area contributed by atoms with Crippen LogP contribution in [0.15, 0.2) is 42.5 Å². The predicted molar refractivity (Wildman–Crippen MR) is 184 cm³/mol. The van der Waals surface area contributed by atoms with Crippen molar-refractivity contribution in [1.82, 2.24) is 10.6 Å². The molecule has 2 aromatic carbocycles. The van der Waals surface area contributed by atoms with Crippen molar-refractivity contribution in [3.8, 4) is 5.75 Å². The molecule has 1 amide bonds. The van der Waals surface area contributed by atoms with Crippen LogP contribution < -0.4 is 15.4 Å². The number of hydrogen-bond acceptors (Lipinski definition) is 10. The highest BCUT2D eigenvalue weighted by molar-refractivity contribution is 6.48. The number of aliphatic hydroxyl groups excluding tert-OH is 1. The number of benzene rings is 2. The Hall–Kier alpha value is -3.45. The van der Waals surface area contributed by atoms with Gasteiger partial charge in [0.15, 0.2) is 0 Å². The lowest BCUT2D eigenvalue weighted by molar-refractivity contribution is -0.199. The average Bonchev–Trinajstić information content (AvgIpc) is 3.41. The summed E-state index contributed by atoms with van der Waals surface area (Å²) >= 11 is 0. The minimum atomic E-state index is -0.821. The summed E-state index contributed by atoms with van der Waals surface area (Å²) in [5.41, 5.74) is 1.72. The summed E-state index contributed by atoms with van der Waals surface area (Å²) < 4.78 is 29.6. The molecule has 49 heavy (non-hydrogen) atoms. The van der Waals surface area contributed by atoms with Gasteiger partial charge < -0.3 is 33.9 Å². The molecule has 0 aromatic heterocycles. The van der Waals surface area contributed by atoms with E-state index >= 15 is 0 Å². The Balaban J connectivity index is 1.34. The first-order valence-electron chi connectivity index (χ1n) is 17.1. The number of amides is 1. The van der Waals surface area contributed by atoms with E-state index in [0.29, 0.717) is 36.1 Å². The van der Waals surface area contributed by atoms with Crippen LogP contribution >= 0.6 is 0 Å². The van der Waals surface area contributed by atoms with Crippen LogP contribution in [0.4, 0.5) is 0 Å². The third-order valence-corrected chi connectivity index (χ3v) is 10.6. The third-order valence-electron chi connectivity index (χ3n) is 10.6. The van der Waals surface area contributed by atoms with Gasteiger partial charge in [0, 0.05) is 6.54 Å². The van der Waals surface area contributed by atoms with Gasteiger partial charge in [0.05, 0.1) is 44.9 Å². The standard InChI is InChI=1S/C37H51BN2O9/c1-35(2,3)47-33(43)26-11-9-10-24(32(26)45-7)17-30(38-48-29-19-25-18-28(36(25,4)5)37(29,6)49-38)40-31(42)16-22-12-14-23(15-13-22)20-39-27(21-41)34(44)46-8/h9-15,25,27-30,39,41H,16-21H2,1-8H3,(H,40,42). The average molecular weight is 679 g/mol. The Bertz CT molecular complexity index is 1520. The van der Waals surface area contributed by atoms with E-state index in [0.717, 1.165) is 29.5 Å². The minimum Gasteiger partial charge on any atom is -0.496 e. The number of hydrogen-bond donors (Lipinski definition) is 3. The predicted octanol–water partition coefficient (Wildman–Crippen LogP) is 3.81. The number of nitrogens with one attached hydrogen (secondary N) is 2. The van der Waals surface area contributed by atoms with Gasteiger partial charge in [0.2, 0.25) is 5.91 Å². The lowest BCUT2D eigenvalue weighted by atomic mass is 9.43. The fourth-order valence-electron chi connectivity index (χ4n) is 7.83. The van der Waals surface area contributed by atoms with Crippen molar-refractivity contribution in [1.29, 1.82) is 0 Å². The molecule has 1 heterocycles. The second-order valence-corrected chi connectivity index (χ2v) is 15.3. The van der Waals surface area contributed by atoms with E-state index in [1.54, 1.807) is 12.1 Å². The number of carbonyl (C=O) groups is 3. The Kier molecular flexibility index (Phi) is 10.8. The fraction of sp³-hybridized carbons (Fsp3) is 0.595. The zero-order valence-electron chi connectivity index (χ0n) is 30.0. The van der Waals surface area contributed by atoms with Gasteiger partial charge in [-0.15, -0.1) is 0 Å². The van der Waals surface area contributed by atoms with E-state index in [9.17, 15) is 19.5 Å². The van der Waals surface area contributed by atoms with Crippen molar-refractivity contribution >= 4 is 25.0 Å². The largest absolute Gasteiger partial charge is 0.496 e. The summed E-state index contributed by atoms with van der Waals surface area (Å²) in [4.78, 5) is 38.6. The molecule has 12 heteroatoms. The van der Waals surface area contributed by atoms with Crippen molar-refractivity contribution in [3.63, 3.8) is 0 Å². The maximum atomic E-state index is 13.7. The van der Waals surface area contributed by atoms with Crippen LogP contribution in [0, 0.1) is 17.3 Å². The van der Waals surface area contributed by atoms with Crippen molar-refractivity contribution in [2.75, 3.05) is 20.8 Å². The summed E-state index contributed by atoms with van der Waals surface area (Å²) in [5, 5.41) is 15.6. The van der Waals surface area contributed by atoms with Gasteiger partial charge in [-0.25, -0.2) is 4.79 Å². The van der Waals surface area contributed by atoms with E-state index in [4.69, 9.17) is 23.5 Å². The second kappa shape index (κ2) is 14.4. The first-order chi connectivity index (χ1) is 23.1. The highest BCUT2D eigenvalue weighted by Gasteiger charge is 2.68. The van der Waals surface area contributed by atoms with Crippen LogP contribution in [0.2, 0.25) is 0 Å². The highest BCUT2D eigenvalue weighted by Crippen LogP contribution is 2.65. The number of para-hydroxylation sites is 1. The number of aliphatic hydroxyl groups is 1. The first-order valence-corrected chi connectivity index (χ1v) is 17.1. The van der Waals surface area contributed by atoms with Crippen LogP contribution in [0.5, 0.6) is 5.75 Å². The Morgan fingerprint density at radius 1 is 1.04 bits per heavy atom. The lowest BCUT2D eigenvalue weighted by Crippen LogP contribution is -2.65. The summed E-state index contributed by atoms with van der Waals surface area (Å²) in [6.45, 7) is 12.2. The van der Waals surface area contributed by atoms with Crippen molar-refractivity contribution in [2.24, 2.45) is 17.3 Å². The maximum Gasteiger partial charge on any atom is 0.482 e. The van der Waals surface area contributed by atoms with Crippen molar-refractivity contribution < 1.29 is 43.0 Å². The second-order valence-electron chi connectivity index (χ2n) is 15.3. The molecule has 2 bridgehead atoms. The fourth-order valence-corrected chi connectivity index (χ4v) is 7.83. The Morgan fingerprint density at radius 3 is 2.35 bits per heavy atom. The lowest BCUT2D eigenvalue weighted by Gasteiger charge is -2.64. The molecule has 266 valence electrons. The highest BCUT2D eigenvalue weighted by atomic mass is 16.7. The summed E-state index contributed by atoms with van der Waals surface area (Å²) in [6, 6.07) is 12.0. The van der Waals surface area contributed by atoms with Crippen LogP contribution in [0.1, 0.15) is 81.4 Å². The van der Waals surface area contributed by atoms with Gasteiger partial charge in [-0.2, -0.15) is 0 Å². The SMILES string of the molecule is COC(=O)C(CO)NCc1ccc(CC(=O)NC(Cc2cccc(C(=O)OC(C)(C)C)c2OC)B2OC3CC4CC(C4(C)C)C3(C)O2)cc1. The van der Waals surface area contributed by atoms with Crippen molar-refractivity contribution in [2.45, 2.75) is 103 Å².